The molecule has 4 nitrogen and oxygen atoms in total. The average Bonchev–Trinajstić information content (AvgIpc) is 2.28. The Bertz CT molecular complexity index is 355. The van der Waals surface area contributed by atoms with Crippen LogP contribution in [0.3, 0.4) is 0 Å². The van der Waals surface area contributed by atoms with Gasteiger partial charge in [-0.3, -0.25) is 4.79 Å². The number of nitrogens with one attached hydrogen (secondary N) is 2. The molecule has 0 saturated heterocycles. The van der Waals surface area contributed by atoms with Crippen LogP contribution in [-0.4, -0.2) is 16.7 Å². The van der Waals surface area contributed by atoms with Gasteiger partial charge in [0.15, 0.2) is 0 Å². The molecule has 4 heteroatoms. The van der Waals surface area contributed by atoms with Gasteiger partial charge < -0.3 is 5.32 Å². The molecule has 0 aliphatic heterocycles. The highest BCUT2D eigenvalue weighted by Crippen LogP contribution is 2.23. The quantitative estimate of drug-likeness (QED) is 0.794. The van der Waals surface area contributed by atoms with Crippen molar-refractivity contribution in [1.29, 1.82) is 0 Å². The van der Waals surface area contributed by atoms with E-state index in [0.717, 1.165) is 18.2 Å². The molecule has 1 heterocycles. The molecule has 1 aromatic rings. The SMILES string of the molecule is O=c1cc(NCC2CCCCC2)cn[nH]1. The van der Waals surface area contributed by atoms with Gasteiger partial charge in [-0.05, 0) is 18.8 Å². The maximum Gasteiger partial charge on any atom is 0.266 e. The van der Waals surface area contributed by atoms with Gasteiger partial charge >= 0.3 is 0 Å². The zero-order valence-electron chi connectivity index (χ0n) is 8.83. The third-order valence-electron chi connectivity index (χ3n) is 2.98. The first-order valence-electron chi connectivity index (χ1n) is 5.63. The minimum absolute atomic E-state index is 0.149. The molecule has 2 rings (SSSR count). The van der Waals surface area contributed by atoms with Crippen molar-refractivity contribution in [2.45, 2.75) is 32.1 Å². The molecule has 0 aromatic carbocycles. The number of anilines is 1. The number of aromatic amines is 1. The Morgan fingerprint density at radius 1 is 1.40 bits per heavy atom. The fourth-order valence-electron chi connectivity index (χ4n) is 2.13. The van der Waals surface area contributed by atoms with Crippen molar-refractivity contribution in [3.63, 3.8) is 0 Å². The van der Waals surface area contributed by atoms with Crippen LogP contribution in [0.4, 0.5) is 5.69 Å². The van der Waals surface area contributed by atoms with E-state index in [-0.39, 0.29) is 5.56 Å². The summed E-state index contributed by atoms with van der Waals surface area (Å²) in [5.41, 5.74) is 0.674. The van der Waals surface area contributed by atoms with E-state index < -0.39 is 0 Å². The molecule has 15 heavy (non-hydrogen) atoms. The first kappa shape index (κ1) is 10.2. The smallest absolute Gasteiger partial charge is 0.266 e. The number of rotatable bonds is 3. The first-order chi connectivity index (χ1) is 7.34. The van der Waals surface area contributed by atoms with Crippen LogP contribution in [0.2, 0.25) is 0 Å². The number of nitrogens with zero attached hydrogens (tertiary/aromatic N) is 1. The summed E-state index contributed by atoms with van der Waals surface area (Å²) in [5, 5.41) is 9.38. The van der Waals surface area contributed by atoms with Gasteiger partial charge in [-0.2, -0.15) is 5.10 Å². The van der Waals surface area contributed by atoms with Crippen molar-refractivity contribution in [1.82, 2.24) is 10.2 Å². The number of aromatic nitrogens is 2. The molecule has 82 valence electrons. The van der Waals surface area contributed by atoms with E-state index in [1.807, 2.05) is 0 Å². The van der Waals surface area contributed by atoms with Crippen molar-refractivity contribution >= 4 is 5.69 Å². The molecule has 1 saturated carbocycles. The summed E-state index contributed by atoms with van der Waals surface area (Å²) >= 11 is 0. The van der Waals surface area contributed by atoms with Crippen molar-refractivity contribution in [3.8, 4) is 0 Å². The van der Waals surface area contributed by atoms with E-state index in [1.54, 1.807) is 12.3 Å². The lowest BCUT2D eigenvalue weighted by molar-refractivity contribution is 0.373. The van der Waals surface area contributed by atoms with Crippen LogP contribution in [-0.2, 0) is 0 Å². The van der Waals surface area contributed by atoms with Crippen LogP contribution < -0.4 is 10.9 Å². The molecule has 1 aromatic heterocycles. The van der Waals surface area contributed by atoms with Crippen LogP contribution in [0.25, 0.3) is 0 Å². The normalized spacial score (nSPS) is 17.6. The highest BCUT2D eigenvalue weighted by Gasteiger charge is 2.12. The Balaban J connectivity index is 1.84. The standard InChI is InChI=1S/C11H17N3O/c15-11-6-10(8-13-14-11)12-7-9-4-2-1-3-5-9/h6,8-9H,1-5,7H2,(H2,12,14,15). The second kappa shape index (κ2) is 4.96. The summed E-state index contributed by atoms with van der Waals surface area (Å²) in [6.45, 7) is 0.963. The van der Waals surface area contributed by atoms with Crippen LogP contribution in [0.1, 0.15) is 32.1 Å². The van der Waals surface area contributed by atoms with E-state index in [1.165, 1.54) is 32.1 Å². The molecule has 0 bridgehead atoms. The highest BCUT2D eigenvalue weighted by molar-refractivity contribution is 5.38. The average molecular weight is 207 g/mol. The second-order valence-corrected chi connectivity index (χ2v) is 4.22. The number of hydrogen-bond donors (Lipinski definition) is 2. The number of H-pyrrole nitrogens is 1. The zero-order chi connectivity index (χ0) is 10.5. The molecule has 1 aliphatic rings. The van der Waals surface area contributed by atoms with Crippen LogP contribution in [0.15, 0.2) is 17.1 Å². The highest BCUT2D eigenvalue weighted by atomic mass is 16.1. The Labute approximate surface area is 89.1 Å². The maximum atomic E-state index is 11.0. The third-order valence-corrected chi connectivity index (χ3v) is 2.98. The molecule has 1 fully saturated rings. The Hall–Kier alpha value is -1.32. The molecule has 2 N–H and O–H groups in total. The molecule has 0 spiro atoms. The topological polar surface area (TPSA) is 57.8 Å². The summed E-state index contributed by atoms with van der Waals surface area (Å²) in [6.07, 6.45) is 8.35. The molecule has 0 atom stereocenters. The molecular formula is C11H17N3O. The molecule has 0 amide bonds. The lowest BCUT2D eigenvalue weighted by Crippen LogP contribution is -2.18. The van der Waals surface area contributed by atoms with Gasteiger partial charge in [0.25, 0.3) is 5.56 Å². The molecular weight excluding hydrogens is 190 g/mol. The first-order valence-corrected chi connectivity index (χ1v) is 5.63. The zero-order valence-corrected chi connectivity index (χ0v) is 8.83. The predicted molar refractivity (Wildman–Crippen MR) is 59.9 cm³/mol. The predicted octanol–water partition coefficient (Wildman–Crippen LogP) is 1.76. The van der Waals surface area contributed by atoms with Gasteiger partial charge in [-0.25, -0.2) is 5.10 Å². The maximum absolute atomic E-state index is 11.0. The summed E-state index contributed by atoms with van der Waals surface area (Å²) < 4.78 is 0. The fraction of sp³-hybridized carbons (Fsp3) is 0.636. The van der Waals surface area contributed by atoms with E-state index in [9.17, 15) is 4.79 Å². The summed E-state index contributed by atoms with van der Waals surface area (Å²) in [5.74, 6) is 0.762. The van der Waals surface area contributed by atoms with E-state index >= 15 is 0 Å². The van der Waals surface area contributed by atoms with E-state index in [4.69, 9.17) is 0 Å². The second-order valence-electron chi connectivity index (χ2n) is 4.22. The minimum Gasteiger partial charge on any atom is -0.383 e. The molecule has 1 aliphatic carbocycles. The van der Waals surface area contributed by atoms with Crippen molar-refractivity contribution in [2.24, 2.45) is 5.92 Å². The van der Waals surface area contributed by atoms with Gasteiger partial charge in [0.2, 0.25) is 0 Å². The lowest BCUT2D eigenvalue weighted by atomic mass is 9.89. The van der Waals surface area contributed by atoms with Crippen LogP contribution in [0.5, 0.6) is 0 Å². The Morgan fingerprint density at radius 2 is 2.20 bits per heavy atom. The summed E-state index contributed by atoms with van der Waals surface area (Å²) in [6, 6.07) is 1.55. The van der Waals surface area contributed by atoms with Crippen LogP contribution in [0, 0.1) is 5.92 Å². The third kappa shape index (κ3) is 3.08. The van der Waals surface area contributed by atoms with Crippen molar-refractivity contribution in [2.75, 3.05) is 11.9 Å². The van der Waals surface area contributed by atoms with Crippen molar-refractivity contribution < 1.29 is 0 Å². The van der Waals surface area contributed by atoms with E-state index in [0.29, 0.717) is 0 Å². The lowest BCUT2D eigenvalue weighted by Gasteiger charge is -2.21. The fourth-order valence-corrected chi connectivity index (χ4v) is 2.13. The number of hydrogen-bond acceptors (Lipinski definition) is 3. The van der Waals surface area contributed by atoms with Gasteiger partial charge in [0.05, 0.1) is 11.9 Å². The Kier molecular flexibility index (Phi) is 3.37. The van der Waals surface area contributed by atoms with Crippen molar-refractivity contribution in [3.05, 3.63) is 22.6 Å². The minimum atomic E-state index is -0.149. The van der Waals surface area contributed by atoms with Gasteiger partial charge in [-0.1, -0.05) is 19.3 Å². The molecule has 0 unspecified atom stereocenters. The largest absolute Gasteiger partial charge is 0.383 e. The summed E-state index contributed by atoms with van der Waals surface area (Å²) in [7, 11) is 0. The Morgan fingerprint density at radius 3 is 2.93 bits per heavy atom. The van der Waals surface area contributed by atoms with E-state index in [2.05, 4.69) is 15.5 Å². The van der Waals surface area contributed by atoms with Crippen LogP contribution >= 0.6 is 0 Å². The van der Waals surface area contributed by atoms with Gasteiger partial charge in [0, 0.05) is 12.6 Å². The monoisotopic (exact) mass is 207 g/mol. The van der Waals surface area contributed by atoms with Gasteiger partial charge in [-0.15, -0.1) is 0 Å². The molecule has 0 radical (unpaired) electrons. The van der Waals surface area contributed by atoms with Gasteiger partial charge in [0.1, 0.15) is 0 Å². The summed E-state index contributed by atoms with van der Waals surface area (Å²) in [4.78, 5) is 11.0.